The number of hydrogen-bond acceptors (Lipinski definition) is 4. The third kappa shape index (κ3) is 4.46. The van der Waals surface area contributed by atoms with Crippen molar-refractivity contribution < 1.29 is 14.3 Å². The minimum absolute atomic E-state index is 0.188. The van der Waals surface area contributed by atoms with Crippen LogP contribution in [-0.2, 0) is 16.1 Å². The molecule has 1 fully saturated rings. The van der Waals surface area contributed by atoms with Crippen LogP contribution in [0.4, 0.5) is 16.2 Å². The number of cyclic esters (lactones) is 1. The number of halogens is 1. The number of nitrogens with one attached hydrogen (secondary N) is 2. The van der Waals surface area contributed by atoms with Crippen molar-refractivity contribution in [2.45, 2.75) is 19.5 Å². The van der Waals surface area contributed by atoms with Gasteiger partial charge in [0.25, 0.3) is 0 Å². The number of hydrogen-bond donors (Lipinski definition) is 2. The second-order valence-electron chi connectivity index (χ2n) is 6.07. The van der Waals surface area contributed by atoms with Crippen LogP contribution in [0.25, 0.3) is 0 Å². The quantitative estimate of drug-likeness (QED) is 0.809. The first-order valence-electron chi connectivity index (χ1n) is 8.35. The van der Waals surface area contributed by atoms with Crippen LogP contribution in [0.3, 0.4) is 0 Å². The van der Waals surface area contributed by atoms with Crippen molar-refractivity contribution in [3.63, 3.8) is 0 Å². The molecule has 1 atom stereocenters. The van der Waals surface area contributed by atoms with Crippen LogP contribution in [0.15, 0.2) is 48.5 Å². The van der Waals surface area contributed by atoms with Crippen LogP contribution in [0.5, 0.6) is 0 Å². The molecule has 0 bridgehead atoms. The van der Waals surface area contributed by atoms with E-state index in [0.717, 1.165) is 11.3 Å². The van der Waals surface area contributed by atoms with Gasteiger partial charge in [0.2, 0.25) is 5.91 Å². The molecule has 6 nitrogen and oxygen atoms in total. The molecule has 7 heteroatoms. The molecule has 0 spiro atoms. The number of ether oxygens (including phenoxy) is 1. The fraction of sp³-hybridized carbons (Fsp3) is 0.263. The third-order valence-electron chi connectivity index (χ3n) is 4.05. The molecule has 136 valence electrons. The zero-order valence-corrected chi connectivity index (χ0v) is 15.1. The molecule has 1 aliphatic rings. The Labute approximate surface area is 157 Å². The van der Waals surface area contributed by atoms with Gasteiger partial charge < -0.3 is 20.3 Å². The predicted molar refractivity (Wildman–Crippen MR) is 101 cm³/mol. The van der Waals surface area contributed by atoms with Crippen molar-refractivity contribution in [1.82, 2.24) is 4.90 Å². The number of para-hydroxylation sites is 1. The molecule has 2 aromatic rings. The van der Waals surface area contributed by atoms with Crippen molar-refractivity contribution in [2.24, 2.45) is 0 Å². The number of benzene rings is 2. The molecule has 2 amide bonds. The van der Waals surface area contributed by atoms with Gasteiger partial charge in [0.15, 0.2) is 0 Å². The SMILES string of the molecule is C[C@@H](Nc1cccc(CN2CCOC2=O)c1)C(=O)Nc1ccccc1Cl. The topological polar surface area (TPSA) is 70.7 Å². The average Bonchev–Trinajstić information content (AvgIpc) is 3.02. The normalized spacial score (nSPS) is 14.7. The van der Waals surface area contributed by atoms with E-state index in [1.165, 1.54) is 0 Å². The van der Waals surface area contributed by atoms with E-state index in [1.807, 2.05) is 30.3 Å². The number of rotatable bonds is 6. The van der Waals surface area contributed by atoms with Gasteiger partial charge in [-0.15, -0.1) is 0 Å². The van der Waals surface area contributed by atoms with Gasteiger partial charge in [-0.1, -0.05) is 35.9 Å². The van der Waals surface area contributed by atoms with Crippen molar-refractivity contribution in [3.05, 3.63) is 59.1 Å². The van der Waals surface area contributed by atoms with Gasteiger partial charge in [-0.05, 0) is 36.8 Å². The Balaban J connectivity index is 1.61. The molecule has 0 radical (unpaired) electrons. The first kappa shape index (κ1) is 18.1. The molecule has 0 aliphatic carbocycles. The van der Waals surface area contributed by atoms with E-state index in [0.29, 0.717) is 30.4 Å². The Kier molecular flexibility index (Phi) is 5.63. The molecule has 26 heavy (non-hydrogen) atoms. The van der Waals surface area contributed by atoms with E-state index in [9.17, 15) is 9.59 Å². The average molecular weight is 374 g/mol. The van der Waals surface area contributed by atoms with Crippen LogP contribution in [0, 0.1) is 0 Å². The zero-order valence-electron chi connectivity index (χ0n) is 14.4. The Hall–Kier alpha value is -2.73. The Morgan fingerprint density at radius 1 is 1.27 bits per heavy atom. The van der Waals surface area contributed by atoms with Gasteiger partial charge in [-0.25, -0.2) is 4.79 Å². The van der Waals surface area contributed by atoms with E-state index in [-0.39, 0.29) is 12.0 Å². The second kappa shape index (κ2) is 8.10. The molecule has 2 N–H and O–H groups in total. The second-order valence-corrected chi connectivity index (χ2v) is 6.48. The summed E-state index contributed by atoms with van der Waals surface area (Å²) in [5.41, 5.74) is 2.35. The fourth-order valence-electron chi connectivity index (χ4n) is 2.67. The lowest BCUT2D eigenvalue weighted by atomic mass is 10.1. The maximum absolute atomic E-state index is 12.4. The van der Waals surface area contributed by atoms with Crippen LogP contribution >= 0.6 is 11.6 Å². The molecule has 0 saturated carbocycles. The van der Waals surface area contributed by atoms with E-state index in [4.69, 9.17) is 16.3 Å². The molecule has 0 unspecified atom stereocenters. The van der Waals surface area contributed by atoms with Crippen LogP contribution in [-0.4, -0.2) is 36.1 Å². The molecule has 2 aromatic carbocycles. The summed E-state index contributed by atoms with van der Waals surface area (Å²) in [4.78, 5) is 25.6. The lowest BCUT2D eigenvalue weighted by Gasteiger charge is -2.17. The van der Waals surface area contributed by atoms with Crippen molar-refractivity contribution in [1.29, 1.82) is 0 Å². The summed E-state index contributed by atoms with van der Waals surface area (Å²) >= 11 is 6.07. The van der Waals surface area contributed by atoms with Gasteiger partial charge >= 0.3 is 6.09 Å². The van der Waals surface area contributed by atoms with Crippen molar-refractivity contribution in [3.8, 4) is 0 Å². The summed E-state index contributed by atoms with van der Waals surface area (Å²) in [6.45, 7) is 3.27. The van der Waals surface area contributed by atoms with Crippen LogP contribution in [0.2, 0.25) is 5.02 Å². The van der Waals surface area contributed by atoms with Gasteiger partial charge in [-0.3, -0.25) is 4.79 Å². The number of carbonyl (C=O) groups excluding carboxylic acids is 2. The van der Waals surface area contributed by atoms with Gasteiger partial charge in [-0.2, -0.15) is 0 Å². The summed E-state index contributed by atoms with van der Waals surface area (Å²) in [7, 11) is 0. The van der Waals surface area contributed by atoms with E-state index in [1.54, 1.807) is 30.0 Å². The first-order chi connectivity index (χ1) is 12.5. The van der Waals surface area contributed by atoms with Gasteiger partial charge in [0.1, 0.15) is 12.6 Å². The molecular weight excluding hydrogens is 354 g/mol. The summed E-state index contributed by atoms with van der Waals surface area (Å²) in [5.74, 6) is -0.188. The summed E-state index contributed by atoms with van der Waals surface area (Å²) < 4.78 is 4.94. The minimum Gasteiger partial charge on any atom is -0.448 e. The first-order valence-corrected chi connectivity index (χ1v) is 8.73. The minimum atomic E-state index is -0.460. The number of nitrogens with zero attached hydrogens (tertiary/aromatic N) is 1. The summed E-state index contributed by atoms with van der Waals surface area (Å²) in [6, 6.07) is 14.3. The highest BCUT2D eigenvalue weighted by Gasteiger charge is 2.22. The highest BCUT2D eigenvalue weighted by Crippen LogP contribution is 2.21. The molecule has 1 aliphatic heterocycles. The fourth-order valence-corrected chi connectivity index (χ4v) is 2.85. The van der Waals surface area contributed by atoms with Gasteiger partial charge in [0.05, 0.1) is 17.3 Å². The van der Waals surface area contributed by atoms with E-state index < -0.39 is 6.04 Å². The van der Waals surface area contributed by atoms with Crippen molar-refractivity contribution >= 4 is 35.0 Å². The Morgan fingerprint density at radius 2 is 2.08 bits per heavy atom. The lowest BCUT2D eigenvalue weighted by Crippen LogP contribution is -2.32. The van der Waals surface area contributed by atoms with E-state index >= 15 is 0 Å². The van der Waals surface area contributed by atoms with Gasteiger partial charge in [0, 0.05) is 12.2 Å². The number of carbonyl (C=O) groups is 2. The highest BCUT2D eigenvalue weighted by atomic mass is 35.5. The number of anilines is 2. The zero-order chi connectivity index (χ0) is 18.5. The maximum atomic E-state index is 12.4. The third-order valence-corrected chi connectivity index (χ3v) is 4.38. The van der Waals surface area contributed by atoms with Crippen molar-refractivity contribution in [2.75, 3.05) is 23.8 Å². The predicted octanol–water partition coefficient (Wildman–Crippen LogP) is 3.73. The summed E-state index contributed by atoms with van der Waals surface area (Å²) in [6.07, 6.45) is -0.296. The molecular formula is C19H20ClN3O3. The largest absolute Gasteiger partial charge is 0.448 e. The molecule has 1 heterocycles. The molecule has 1 saturated heterocycles. The smallest absolute Gasteiger partial charge is 0.410 e. The Bertz CT molecular complexity index is 812. The lowest BCUT2D eigenvalue weighted by molar-refractivity contribution is -0.116. The monoisotopic (exact) mass is 373 g/mol. The standard InChI is InChI=1S/C19H20ClN3O3/c1-13(18(24)22-17-8-3-2-7-16(17)20)21-15-6-4-5-14(11-15)12-23-9-10-26-19(23)25/h2-8,11,13,21H,9-10,12H2,1H3,(H,22,24)/t13-/m1/s1. The highest BCUT2D eigenvalue weighted by molar-refractivity contribution is 6.33. The number of amides is 2. The van der Waals surface area contributed by atoms with Crippen LogP contribution < -0.4 is 10.6 Å². The van der Waals surface area contributed by atoms with E-state index in [2.05, 4.69) is 10.6 Å². The Morgan fingerprint density at radius 3 is 2.81 bits per heavy atom. The molecule has 0 aromatic heterocycles. The summed E-state index contributed by atoms with van der Waals surface area (Å²) in [5, 5.41) is 6.47. The maximum Gasteiger partial charge on any atom is 0.410 e. The van der Waals surface area contributed by atoms with Crippen LogP contribution in [0.1, 0.15) is 12.5 Å². The molecule has 3 rings (SSSR count).